The number of thioether (sulfide) groups is 1. The Labute approximate surface area is 220 Å². The molecule has 0 unspecified atom stereocenters. The highest BCUT2D eigenvalue weighted by atomic mass is 32.2. The van der Waals surface area contributed by atoms with Gasteiger partial charge in [0.2, 0.25) is 0 Å². The van der Waals surface area contributed by atoms with Crippen LogP contribution in [-0.2, 0) is 6.54 Å². The molecule has 0 saturated carbocycles. The second-order valence-corrected chi connectivity index (χ2v) is 10.5. The van der Waals surface area contributed by atoms with Gasteiger partial charge < -0.3 is 10.2 Å². The molecule has 36 heavy (non-hydrogen) atoms. The number of benzene rings is 3. The number of anilines is 1. The quantitative estimate of drug-likeness (QED) is 0.351. The van der Waals surface area contributed by atoms with Gasteiger partial charge in [-0.2, -0.15) is 0 Å². The second kappa shape index (κ2) is 12.8. The van der Waals surface area contributed by atoms with Crippen LogP contribution in [0.25, 0.3) is 6.08 Å². The number of nitrogens with zero attached hydrogens (tertiary/aromatic N) is 2. The first kappa shape index (κ1) is 26.1. The molecule has 1 heterocycles. The van der Waals surface area contributed by atoms with E-state index < -0.39 is 0 Å². The monoisotopic (exact) mass is 499 g/mol. The summed E-state index contributed by atoms with van der Waals surface area (Å²) in [6.45, 7) is 3.77. The number of rotatable bonds is 9. The summed E-state index contributed by atoms with van der Waals surface area (Å²) in [6.07, 6.45) is 8.88. The number of likely N-dealkylation sites (tertiary alicyclic amines) is 1. The lowest BCUT2D eigenvalue weighted by atomic mass is 9.88. The lowest BCUT2D eigenvalue weighted by Gasteiger charge is -2.31. The number of amides is 1. The summed E-state index contributed by atoms with van der Waals surface area (Å²) in [6, 6.07) is 25.2. The van der Waals surface area contributed by atoms with E-state index in [9.17, 15) is 4.79 Å². The fourth-order valence-corrected chi connectivity index (χ4v) is 5.06. The van der Waals surface area contributed by atoms with Crippen molar-refractivity contribution in [1.29, 1.82) is 0 Å². The minimum Gasteiger partial charge on any atom is -0.378 e. The summed E-state index contributed by atoms with van der Waals surface area (Å²) in [7, 11) is 4.13. The Kier molecular flexibility index (Phi) is 9.26. The largest absolute Gasteiger partial charge is 0.378 e. The maximum absolute atomic E-state index is 12.5. The minimum atomic E-state index is -0.0249. The van der Waals surface area contributed by atoms with Crippen molar-refractivity contribution < 1.29 is 4.79 Å². The molecule has 0 bridgehead atoms. The van der Waals surface area contributed by atoms with Crippen molar-refractivity contribution >= 4 is 29.4 Å². The molecule has 1 aliphatic heterocycles. The van der Waals surface area contributed by atoms with Gasteiger partial charge in [0, 0.05) is 43.3 Å². The first-order valence-electron chi connectivity index (χ1n) is 12.7. The van der Waals surface area contributed by atoms with Crippen molar-refractivity contribution in [2.75, 3.05) is 44.9 Å². The lowest BCUT2D eigenvalue weighted by Crippen LogP contribution is -2.33. The fraction of sp³-hybridized carbons (Fsp3) is 0.323. The zero-order valence-corrected chi connectivity index (χ0v) is 22.4. The zero-order chi connectivity index (χ0) is 25.3. The van der Waals surface area contributed by atoms with Gasteiger partial charge in [0.1, 0.15) is 0 Å². The molecular weight excluding hydrogens is 462 g/mol. The van der Waals surface area contributed by atoms with E-state index >= 15 is 0 Å². The minimum absolute atomic E-state index is 0.0249. The Bertz CT molecular complexity index is 1150. The van der Waals surface area contributed by atoms with Crippen LogP contribution >= 0.6 is 11.8 Å². The molecule has 4 nitrogen and oxygen atoms in total. The molecule has 1 N–H and O–H groups in total. The van der Waals surface area contributed by atoms with Crippen molar-refractivity contribution in [3.05, 3.63) is 101 Å². The predicted molar refractivity (Wildman–Crippen MR) is 154 cm³/mol. The lowest BCUT2D eigenvalue weighted by molar-refractivity contribution is 0.0951. The van der Waals surface area contributed by atoms with E-state index in [1.165, 1.54) is 29.7 Å². The van der Waals surface area contributed by atoms with Crippen molar-refractivity contribution in [2.45, 2.75) is 30.2 Å². The van der Waals surface area contributed by atoms with Gasteiger partial charge in [-0.1, -0.05) is 48.6 Å². The van der Waals surface area contributed by atoms with Gasteiger partial charge in [-0.15, -0.1) is 11.8 Å². The van der Waals surface area contributed by atoms with Crippen LogP contribution in [0.1, 0.15) is 45.8 Å². The van der Waals surface area contributed by atoms with Crippen molar-refractivity contribution in [1.82, 2.24) is 10.2 Å². The number of nitrogens with one attached hydrogen (secondary N) is 1. The van der Waals surface area contributed by atoms with Gasteiger partial charge in [0.25, 0.3) is 5.91 Å². The maximum Gasteiger partial charge on any atom is 0.251 e. The molecule has 188 valence electrons. The predicted octanol–water partition coefficient (Wildman–Crippen LogP) is 6.30. The first-order chi connectivity index (χ1) is 17.5. The number of carbonyl (C=O) groups is 1. The molecule has 0 aliphatic carbocycles. The van der Waals surface area contributed by atoms with Gasteiger partial charge in [0.15, 0.2) is 0 Å². The van der Waals surface area contributed by atoms with E-state index in [0.29, 0.717) is 18.0 Å². The molecule has 0 aromatic heterocycles. The maximum atomic E-state index is 12.5. The first-order valence-corrected chi connectivity index (χ1v) is 13.9. The number of carbonyl (C=O) groups excluding carboxylic acids is 1. The molecule has 0 atom stereocenters. The standard InChI is InChI=1S/C31H37N3OS/c1-33(2)29-13-9-24(10-14-29)7-5-19-34-20-17-26(18-21-34)28-8-4-6-25(22-28)23-32-31(35)27-11-15-30(36-3)16-12-27/h4-16,22,26H,17-21,23H2,1-3H3,(H,32,35)/b7-5+. The highest BCUT2D eigenvalue weighted by Gasteiger charge is 2.20. The molecule has 1 aliphatic rings. The molecule has 0 spiro atoms. The average molecular weight is 500 g/mol. The molecule has 1 amide bonds. The second-order valence-electron chi connectivity index (χ2n) is 9.62. The van der Waals surface area contributed by atoms with Gasteiger partial charge in [-0.05, 0) is 91.2 Å². The van der Waals surface area contributed by atoms with Crippen LogP contribution < -0.4 is 10.2 Å². The van der Waals surface area contributed by atoms with Crippen LogP contribution in [0.3, 0.4) is 0 Å². The Morgan fingerprint density at radius 1 is 1.03 bits per heavy atom. The highest BCUT2D eigenvalue weighted by Crippen LogP contribution is 2.28. The van der Waals surface area contributed by atoms with E-state index in [1.54, 1.807) is 11.8 Å². The number of hydrogen-bond acceptors (Lipinski definition) is 4. The van der Waals surface area contributed by atoms with E-state index in [1.807, 2.05) is 30.5 Å². The van der Waals surface area contributed by atoms with Crippen molar-refractivity contribution in [3.63, 3.8) is 0 Å². The SMILES string of the molecule is CSc1ccc(C(=O)NCc2cccc(C3CCN(C/C=C/c4ccc(N(C)C)cc4)CC3)c2)cc1. The summed E-state index contributed by atoms with van der Waals surface area (Å²) in [5, 5.41) is 3.07. The van der Waals surface area contributed by atoms with Crippen molar-refractivity contribution in [2.24, 2.45) is 0 Å². The molecule has 5 heteroatoms. The third-order valence-corrected chi connectivity index (χ3v) is 7.64. The molecule has 1 fully saturated rings. The Balaban J connectivity index is 1.24. The Morgan fingerprint density at radius 2 is 1.75 bits per heavy atom. The molecule has 3 aromatic carbocycles. The summed E-state index contributed by atoms with van der Waals surface area (Å²) in [5.41, 5.74) is 5.73. The van der Waals surface area contributed by atoms with Crippen LogP contribution in [-0.4, -0.2) is 50.8 Å². The molecule has 3 aromatic rings. The molecule has 1 saturated heterocycles. The fourth-order valence-electron chi connectivity index (χ4n) is 4.65. The van der Waals surface area contributed by atoms with Crippen molar-refractivity contribution in [3.8, 4) is 0 Å². The van der Waals surface area contributed by atoms with E-state index in [0.717, 1.165) is 30.1 Å². The van der Waals surface area contributed by atoms with Gasteiger partial charge >= 0.3 is 0 Å². The third-order valence-electron chi connectivity index (χ3n) is 6.90. The topological polar surface area (TPSA) is 35.6 Å². The smallest absolute Gasteiger partial charge is 0.251 e. The Hall–Kier alpha value is -3.02. The summed E-state index contributed by atoms with van der Waals surface area (Å²) in [5.74, 6) is 0.557. The van der Waals surface area contributed by atoms with Crippen LogP contribution in [0.15, 0.2) is 83.8 Å². The number of hydrogen-bond donors (Lipinski definition) is 1. The van der Waals surface area contributed by atoms with Gasteiger partial charge in [-0.3, -0.25) is 9.69 Å². The van der Waals surface area contributed by atoms with Crippen LogP contribution in [0.2, 0.25) is 0 Å². The highest BCUT2D eigenvalue weighted by molar-refractivity contribution is 7.98. The molecule has 0 radical (unpaired) electrons. The summed E-state index contributed by atoms with van der Waals surface area (Å²) in [4.78, 5) is 18.3. The summed E-state index contributed by atoms with van der Waals surface area (Å²) >= 11 is 1.68. The molecule has 4 rings (SSSR count). The molecular formula is C31H37N3OS. The normalized spacial score (nSPS) is 14.8. The van der Waals surface area contributed by atoms with E-state index in [-0.39, 0.29) is 5.91 Å². The Morgan fingerprint density at radius 3 is 2.42 bits per heavy atom. The van der Waals surface area contributed by atoms with Crippen LogP contribution in [0.4, 0.5) is 5.69 Å². The van der Waals surface area contributed by atoms with Crippen LogP contribution in [0, 0.1) is 0 Å². The van der Waals surface area contributed by atoms with Gasteiger partial charge in [-0.25, -0.2) is 0 Å². The van der Waals surface area contributed by atoms with E-state index in [4.69, 9.17) is 0 Å². The third kappa shape index (κ3) is 7.25. The summed E-state index contributed by atoms with van der Waals surface area (Å²) < 4.78 is 0. The number of piperidine rings is 1. The van der Waals surface area contributed by atoms with Crippen LogP contribution in [0.5, 0.6) is 0 Å². The zero-order valence-electron chi connectivity index (χ0n) is 21.6. The average Bonchev–Trinajstić information content (AvgIpc) is 2.92. The van der Waals surface area contributed by atoms with E-state index in [2.05, 4.69) is 89.9 Å². The van der Waals surface area contributed by atoms with Gasteiger partial charge in [0.05, 0.1) is 0 Å².